The van der Waals surface area contributed by atoms with E-state index in [4.69, 9.17) is 5.73 Å². The van der Waals surface area contributed by atoms with Gasteiger partial charge < -0.3 is 5.73 Å². The zero-order valence-corrected chi connectivity index (χ0v) is 9.77. The number of hydrogen-bond acceptors (Lipinski definition) is 3. The predicted molar refractivity (Wildman–Crippen MR) is 64.9 cm³/mol. The maximum Gasteiger partial charge on any atom is 0.154 e. The Bertz CT molecular complexity index is 429. The normalized spacial score (nSPS) is 11.1. The summed E-state index contributed by atoms with van der Waals surface area (Å²) in [6, 6.07) is 4.11. The van der Waals surface area contributed by atoms with Gasteiger partial charge in [-0.25, -0.2) is 0 Å². The van der Waals surface area contributed by atoms with Crippen LogP contribution in [0, 0.1) is 5.92 Å². The topological polar surface area (TPSA) is 54.7 Å². The molecule has 80 valence electrons. The van der Waals surface area contributed by atoms with Gasteiger partial charge in [0.15, 0.2) is 5.82 Å². The Kier molecular flexibility index (Phi) is 2.77. The molecule has 0 saturated carbocycles. The summed E-state index contributed by atoms with van der Waals surface area (Å²) in [6.07, 6.45) is 0.984. The minimum absolute atomic E-state index is 0.601. The summed E-state index contributed by atoms with van der Waals surface area (Å²) in [4.78, 5) is 1.19. The monoisotopic (exact) mass is 221 g/mol. The zero-order valence-electron chi connectivity index (χ0n) is 8.95. The lowest BCUT2D eigenvalue weighted by Gasteiger charge is -2.04. The first-order chi connectivity index (χ1) is 7.18. The Morgan fingerprint density at radius 3 is 2.93 bits per heavy atom. The third kappa shape index (κ3) is 2.04. The maximum atomic E-state index is 5.87. The summed E-state index contributed by atoms with van der Waals surface area (Å²) in [5.74, 6) is 1.21. The van der Waals surface area contributed by atoms with E-state index in [1.54, 1.807) is 11.3 Å². The first kappa shape index (κ1) is 10.2. The number of nitrogen functional groups attached to an aromatic ring is 1. The molecule has 0 aromatic carbocycles. The summed E-state index contributed by atoms with van der Waals surface area (Å²) in [5, 5.41) is 9.17. The first-order valence-electron chi connectivity index (χ1n) is 5.05. The summed E-state index contributed by atoms with van der Waals surface area (Å²) in [6.45, 7) is 4.38. The smallest absolute Gasteiger partial charge is 0.154 e. The van der Waals surface area contributed by atoms with Gasteiger partial charge in [-0.05, 0) is 23.8 Å². The quantitative estimate of drug-likeness (QED) is 0.837. The highest BCUT2D eigenvalue weighted by Gasteiger charge is 2.14. The van der Waals surface area contributed by atoms with E-state index in [1.807, 2.05) is 6.07 Å². The molecule has 0 unspecified atom stereocenters. The minimum Gasteiger partial charge on any atom is -0.382 e. The van der Waals surface area contributed by atoms with E-state index in [0.29, 0.717) is 11.7 Å². The molecule has 4 heteroatoms. The minimum atomic E-state index is 0.601. The third-order valence-corrected chi connectivity index (χ3v) is 3.14. The molecule has 0 fully saturated rings. The van der Waals surface area contributed by atoms with E-state index >= 15 is 0 Å². The van der Waals surface area contributed by atoms with E-state index in [2.05, 4.69) is 35.5 Å². The Hall–Kier alpha value is -1.29. The molecule has 3 nitrogen and oxygen atoms in total. The van der Waals surface area contributed by atoms with Crippen molar-refractivity contribution in [1.29, 1.82) is 0 Å². The van der Waals surface area contributed by atoms with Crippen molar-refractivity contribution < 1.29 is 0 Å². The Morgan fingerprint density at radius 1 is 1.53 bits per heavy atom. The second kappa shape index (κ2) is 4.06. The van der Waals surface area contributed by atoms with Crippen LogP contribution in [0.1, 0.15) is 19.5 Å². The molecule has 15 heavy (non-hydrogen) atoms. The second-order valence-electron chi connectivity index (χ2n) is 4.04. The molecule has 2 aromatic rings. The van der Waals surface area contributed by atoms with Gasteiger partial charge in [0.2, 0.25) is 0 Å². The van der Waals surface area contributed by atoms with E-state index in [1.165, 1.54) is 4.88 Å². The molecule has 2 rings (SSSR count). The summed E-state index contributed by atoms with van der Waals surface area (Å²) in [7, 11) is 0. The van der Waals surface area contributed by atoms with Crippen LogP contribution in [-0.4, -0.2) is 10.2 Å². The summed E-state index contributed by atoms with van der Waals surface area (Å²) in [5.41, 5.74) is 8.10. The number of H-pyrrole nitrogens is 1. The van der Waals surface area contributed by atoms with Gasteiger partial charge in [0.1, 0.15) is 0 Å². The Labute approximate surface area is 93.3 Å². The summed E-state index contributed by atoms with van der Waals surface area (Å²) >= 11 is 1.70. The largest absolute Gasteiger partial charge is 0.382 e. The molecule has 3 N–H and O–H groups in total. The maximum absolute atomic E-state index is 5.87. The second-order valence-corrected chi connectivity index (χ2v) is 4.99. The molecule has 0 saturated heterocycles. The van der Waals surface area contributed by atoms with Gasteiger partial charge in [0.25, 0.3) is 0 Å². The van der Waals surface area contributed by atoms with Gasteiger partial charge in [-0.2, -0.15) is 5.10 Å². The van der Waals surface area contributed by atoms with Crippen LogP contribution in [0.15, 0.2) is 17.5 Å². The number of nitrogens with two attached hydrogens (primary N) is 1. The molecule has 0 bridgehead atoms. The van der Waals surface area contributed by atoms with Crippen molar-refractivity contribution in [2.45, 2.75) is 20.3 Å². The van der Waals surface area contributed by atoms with Gasteiger partial charge in [0.05, 0.1) is 5.56 Å². The van der Waals surface area contributed by atoms with Crippen molar-refractivity contribution in [2.24, 2.45) is 5.92 Å². The van der Waals surface area contributed by atoms with Crippen LogP contribution >= 0.6 is 11.3 Å². The van der Waals surface area contributed by atoms with Gasteiger partial charge in [0, 0.05) is 10.6 Å². The lowest BCUT2D eigenvalue weighted by Crippen LogP contribution is -1.96. The number of aromatic amines is 1. The number of nitrogens with one attached hydrogen (secondary N) is 1. The lowest BCUT2D eigenvalue weighted by molar-refractivity contribution is 0.634. The van der Waals surface area contributed by atoms with Crippen molar-refractivity contribution in [1.82, 2.24) is 10.2 Å². The molecule has 0 amide bonds. The van der Waals surface area contributed by atoms with Gasteiger partial charge in [-0.1, -0.05) is 19.9 Å². The molecule has 2 aromatic heterocycles. The highest BCUT2D eigenvalue weighted by atomic mass is 32.1. The Morgan fingerprint density at radius 2 is 2.33 bits per heavy atom. The SMILES string of the molecule is CC(C)Cc1[nH]nc(N)c1-c1cccs1. The van der Waals surface area contributed by atoms with E-state index < -0.39 is 0 Å². The fourth-order valence-corrected chi connectivity index (χ4v) is 2.45. The zero-order chi connectivity index (χ0) is 10.8. The standard InChI is InChI=1S/C11H15N3S/c1-7(2)6-8-10(11(12)14-13-8)9-4-3-5-15-9/h3-5,7H,6H2,1-2H3,(H3,12,13,14). The highest BCUT2D eigenvalue weighted by Crippen LogP contribution is 2.32. The van der Waals surface area contributed by atoms with Crippen LogP contribution < -0.4 is 5.73 Å². The summed E-state index contributed by atoms with van der Waals surface area (Å²) < 4.78 is 0. The van der Waals surface area contributed by atoms with Crippen LogP contribution in [0.3, 0.4) is 0 Å². The van der Waals surface area contributed by atoms with Crippen LogP contribution in [0.25, 0.3) is 10.4 Å². The van der Waals surface area contributed by atoms with E-state index in [-0.39, 0.29) is 0 Å². The van der Waals surface area contributed by atoms with Crippen molar-refractivity contribution in [3.8, 4) is 10.4 Å². The van der Waals surface area contributed by atoms with E-state index in [9.17, 15) is 0 Å². The third-order valence-electron chi connectivity index (χ3n) is 2.25. The van der Waals surface area contributed by atoms with Gasteiger partial charge in [-0.15, -0.1) is 11.3 Å². The molecule has 0 radical (unpaired) electrons. The number of thiophene rings is 1. The van der Waals surface area contributed by atoms with Gasteiger partial charge in [-0.3, -0.25) is 5.10 Å². The van der Waals surface area contributed by atoms with Gasteiger partial charge >= 0.3 is 0 Å². The number of nitrogens with zero attached hydrogens (tertiary/aromatic N) is 1. The highest BCUT2D eigenvalue weighted by molar-refractivity contribution is 7.13. The van der Waals surface area contributed by atoms with Crippen molar-refractivity contribution >= 4 is 17.2 Å². The number of rotatable bonds is 3. The molecule has 0 atom stereocenters. The Balaban J connectivity index is 2.41. The number of aromatic nitrogens is 2. The van der Waals surface area contributed by atoms with Crippen LogP contribution in [0.2, 0.25) is 0 Å². The fraction of sp³-hybridized carbons (Fsp3) is 0.364. The molecule has 0 spiro atoms. The molecule has 0 aliphatic heterocycles. The van der Waals surface area contributed by atoms with Crippen LogP contribution in [-0.2, 0) is 6.42 Å². The molecule has 2 heterocycles. The number of anilines is 1. The molecule has 0 aliphatic rings. The van der Waals surface area contributed by atoms with Crippen molar-refractivity contribution in [3.63, 3.8) is 0 Å². The van der Waals surface area contributed by atoms with Crippen LogP contribution in [0.4, 0.5) is 5.82 Å². The number of hydrogen-bond donors (Lipinski definition) is 2. The average Bonchev–Trinajstić information content (AvgIpc) is 2.74. The van der Waals surface area contributed by atoms with Crippen LogP contribution in [0.5, 0.6) is 0 Å². The predicted octanol–water partition coefficient (Wildman–Crippen LogP) is 2.92. The van der Waals surface area contributed by atoms with E-state index in [0.717, 1.165) is 17.7 Å². The molecule has 0 aliphatic carbocycles. The average molecular weight is 221 g/mol. The van der Waals surface area contributed by atoms with Crippen molar-refractivity contribution in [3.05, 3.63) is 23.2 Å². The van der Waals surface area contributed by atoms with Crippen molar-refractivity contribution in [2.75, 3.05) is 5.73 Å². The first-order valence-corrected chi connectivity index (χ1v) is 5.93. The molecular formula is C11H15N3S. The lowest BCUT2D eigenvalue weighted by atomic mass is 10.0. The fourth-order valence-electron chi connectivity index (χ4n) is 1.65. The molecular weight excluding hydrogens is 206 g/mol.